The standard InChI is InChI=1S/C21H28N6O2S/c22-14-16-4-5-19-18(13-16)24-21(29-19)26-9-7-25(8-10-26)6-2-1-3-17(23)20(28)27-11-12-30-15-27/h4-5,13,17H,1-3,6-12,15,23H2. The summed E-state index contributed by atoms with van der Waals surface area (Å²) >= 11 is 1.79. The molecule has 8 nitrogen and oxygen atoms in total. The van der Waals surface area contributed by atoms with Crippen molar-refractivity contribution >= 4 is 34.8 Å². The third kappa shape index (κ3) is 4.89. The van der Waals surface area contributed by atoms with Crippen molar-refractivity contribution in [3.05, 3.63) is 23.8 Å². The van der Waals surface area contributed by atoms with Gasteiger partial charge in [-0.1, -0.05) is 6.42 Å². The number of carbonyl (C=O) groups is 1. The van der Waals surface area contributed by atoms with Crippen LogP contribution in [0.25, 0.3) is 11.1 Å². The van der Waals surface area contributed by atoms with Gasteiger partial charge in [-0.05, 0) is 37.6 Å². The predicted octanol–water partition coefficient (Wildman–Crippen LogP) is 1.85. The highest BCUT2D eigenvalue weighted by atomic mass is 32.2. The first-order valence-corrected chi connectivity index (χ1v) is 11.7. The van der Waals surface area contributed by atoms with Crippen molar-refractivity contribution in [1.29, 1.82) is 5.26 Å². The summed E-state index contributed by atoms with van der Waals surface area (Å²) in [4.78, 5) is 23.3. The number of thioether (sulfide) groups is 1. The maximum Gasteiger partial charge on any atom is 0.298 e. The van der Waals surface area contributed by atoms with Crippen LogP contribution in [0.2, 0.25) is 0 Å². The van der Waals surface area contributed by atoms with Crippen LogP contribution in [-0.4, -0.2) is 77.6 Å². The average Bonchev–Trinajstić information content (AvgIpc) is 3.46. The molecule has 2 aromatic rings. The summed E-state index contributed by atoms with van der Waals surface area (Å²) in [5.41, 5.74) is 8.12. The number of benzene rings is 1. The average molecular weight is 429 g/mol. The van der Waals surface area contributed by atoms with Crippen LogP contribution in [0, 0.1) is 11.3 Å². The minimum absolute atomic E-state index is 0.105. The van der Waals surface area contributed by atoms with Gasteiger partial charge in [0.15, 0.2) is 5.58 Å². The summed E-state index contributed by atoms with van der Waals surface area (Å²) in [5.74, 6) is 1.92. The lowest BCUT2D eigenvalue weighted by Gasteiger charge is -2.33. The number of anilines is 1. The second-order valence-corrected chi connectivity index (χ2v) is 8.94. The van der Waals surface area contributed by atoms with Gasteiger partial charge in [-0.3, -0.25) is 9.69 Å². The summed E-state index contributed by atoms with van der Waals surface area (Å²) < 4.78 is 5.87. The predicted molar refractivity (Wildman–Crippen MR) is 118 cm³/mol. The molecule has 2 fully saturated rings. The van der Waals surface area contributed by atoms with E-state index < -0.39 is 0 Å². The van der Waals surface area contributed by atoms with Crippen molar-refractivity contribution in [1.82, 2.24) is 14.8 Å². The lowest BCUT2D eigenvalue weighted by molar-refractivity contribution is -0.131. The Morgan fingerprint density at radius 3 is 2.83 bits per heavy atom. The fourth-order valence-electron chi connectivity index (χ4n) is 3.93. The minimum atomic E-state index is -0.360. The molecule has 160 valence electrons. The van der Waals surface area contributed by atoms with E-state index >= 15 is 0 Å². The Bertz CT molecular complexity index is 912. The number of nitrogens with two attached hydrogens (primary N) is 1. The van der Waals surface area contributed by atoms with Crippen LogP contribution in [0.5, 0.6) is 0 Å². The minimum Gasteiger partial charge on any atom is -0.423 e. The van der Waals surface area contributed by atoms with E-state index in [1.54, 1.807) is 30.0 Å². The van der Waals surface area contributed by atoms with Gasteiger partial charge in [0.2, 0.25) is 5.91 Å². The Morgan fingerprint density at radius 1 is 1.27 bits per heavy atom. The normalized spacial score (nSPS) is 18.7. The van der Waals surface area contributed by atoms with Gasteiger partial charge in [0.25, 0.3) is 6.01 Å². The van der Waals surface area contributed by atoms with Gasteiger partial charge >= 0.3 is 0 Å². The van der Waals surface area contributed by atoms with Crippen LogP contribution in [-0.2, 0) is 4.79 Å². The zero-order valence-corrected chi connectivity index (χ0v) is 17.9. The molecule has 1 aromatic carbocycles. The molecule has 0 radical (unpaired) electrons. The molecule has 0 aliphatic carbocycles. The number of carbonyl (C=O) groups excluding carboxylic acids is 1. The largest absolute Gasteiger partial charge is 0.423 e. The van der Waals surface area contributed by atoms with Gasteiger partial charge in [-0.2, -0.15) is 10.2 Å². The summed E-state index contributed by atoms with van der Waals surface area (Å²) in [5, 5.41) is 9.03. The second kappa shape index (κ2) is 9.69. The Hall–Kier alpha value is -2.28. The van der Waals surface area contributed by atoms with Crippen molar-refractivity contribution in [2.45, 2.75) is 25.3 Å². The molecule has 1 atom stereocenters. The van der Waals surface area contributed by atoms with Crippen LogP contribution in [0.4, 0.5) is 6.01 Å². The van der Waals surface area contributed by atoms with Gasteiger partial charge in [0, 0.05) is 38.5 Å². The van der Waals surface area contributed by atoms with Crippen LogP contribution in [0.3, 0.4) is 0 Å². The van der Waals surface area contributed by atoms with Crippen LogP contribution < -0.4 is 10.6 Å². The number of unbranched alkanes of at least 4 members (excludes halogenated alkanes) is 1. The first-order valence-electron chi connectivity index (χ1n) is 10.5. The molecule has 4 rings (SSSR count). The summed E-state index contributed by atoms with van der Waals surface area (Å²) in [6.45, 7) is 5.50. The molecule has 30 heavy (non-hydrogen) atoms. The number of hydrogen-bond acceptors (Lipinski definition) is 8. The molecule has 0 spiro atoms. The number of aromatic nitrogens is 1. The van der Waals surface area contributed by atoms with Crippen molar-refractivity contribution in [3.8, 4) is 6.07 Å². The summed E-state index contributed by atoms with van der Waals surface area (Å²) in [6, 6.07) is 7.72. The number of piperazine rings is 1. The van der Waals surface area contributed by atoms with E-state index in [2.05, 4.69) is 20.9 Å². The topological polar surface area (TPSA) is 103 Å². The number of nitrogens with zero attached hydrogens (tertiary/aromatic N) is 5. The van der Waals surface area contributed by atoms with E-state index in [1.807, 2.05) is 4.90 Å². The van der Waals surface area contributed by atoms with Crippen molar-refractivity contribution in [2.75, 3.05) is 55.8 Å². The van der Waals surface area contributed by atoms with Gasteiger partial charge < -0.3 is 20.0 Å². The molecule has 1 amide bonds. The third-order valence-electron chi connectivity index (χ3n) is 5.77. The first kappa shape index (κ1) is 21.0. The van der Waals surface area contributed by atoms with Crippen molar-refractivity contribution in [3.63, 3.8) is 0 Å². The Kier molecular flexibility index (Phi) is 6.77. The fourth-order valence-corrected chi connectivity index (χ4v) is 4.88. The molecule has 3 heterocycles. The molecule has 1 unspecified atom stereocenters. The zero-order valence-electron chi connectivity index (χ0n) is 17.1. The summed E-state index contributed by atoms with van der Waals surface area (Å²) in [7, 11) is 0. The van der Waals surface area contributed by atoms with E-state index in [0.29, 0.717) is 17.2 Å². The third-order valence-corrected chi connectivity index (χ3v) is 6.73. The Balaban J connectivity index is 1.18. The molecule has 9 heteroatoms. The molecule has 0 saturated carbocycles. The van der Waals surface area contributed by atoms with E-state index in [9.17, 15) is 4.79 Å². The van der Waals surface area contributed by atoms with Crippen LogP contribution >= 0.6 is 11.8 Å². The van der Waals surface area contributed by atoms with Gasteiger partial charge in [-0.15, -0.1) is 11.8 Å². The highest BCUT2D eigenvalue weighted by Gasteiger charge is 2.24. The maximum atomic E-state index is 12.3. The molecule has 1 aromatic heterocycles. The van der Waals surface area contributed by atoms with Gasteiger partial charge in [0.05, 0.1) is 23.6 Å². The van der Waals surface area contributed by atoms with E-state index in [1.165, 1.54) is 0 Å². The number of nitriles is 1. The zero-order chi connectivity index (χ0) is 20.9. The monoisotopic (exact) mass is 428 g/mol. The number of rotatable bonds is 7. The quantitative estimate of drug-likeness (QED) is 0.667. The SMILES string of the molecule is N#Cc1ccc2oc(N3CCN(CCCCC(N)C(=O)N4CCSC4)CC3)nc2c1. The lowest BCUT2D eigenvalue weighted by Crippen LogP contribution is -2.46. The van der Waals surface area contributed by atoms with Crippen molar-refractivity contribution in [2.24, 2.45) is 5.73 Å². The summed E-state index contributed by atoms with van der Waals surface area (Å²) in [6.07, 6.45) is 2.78. The van der Waals surface area contributed by atoms with E-state index in [0.717, 1.165) is 75.7 Å². The Morgan fingerprint density at radius 2 is 2.10 bits per heavy atom. The number of oxazole rings is 1. The highest BCUT2D eigenvalue weighted by molar-refractivity contribution is 7.99. The Labute approximate surface area is 181 Å². The molecular formula is C21H28N6O2S. The second-order valence-electron chi connectivity index (χ2n) is 7.86. The maximum absolute atomic E-state index is 12.3. The van der Waals surface area contributed by atoms with Gasteiger partial charge in [0.1, 0.15) is 5.52 Å². The fraction of sp³-hybridized carbons (Fsp3) is 0.571. The molecular weight excluding hydrogens is 400 g/mol. The number of hydrogen-bond donors (Lipinski definition) is 1. The molecule has 2 saturated heterocycles. The molecule has 0 bridgehead atoms. The molecule has 2 N–H and O–H groups in total. The van der Waals surface area contributed by atoms with Gasteiger partial charge in [-0.25, -0.2) is 0 Å². The molecule has 2 aliphatic heterocycles. The molecule has 2 aliphatic rings. The van der Waals surface area contributed by atoms with Crippen molar-refractivity contribution < 1.29 is 9.21 Å². The van der Waals surface area contributed by atoms with Crippen LogP contribution in [0.1, 0.15) is 24.8 Å². The van der Waals surface area contributed by atoms with E-state index in [-0.39, 0.29) is 11.9 Å². The number of fused-ring (bicyclic) bond motifs is 1. The highest BCUT2D eigenvalue weighted by Crippen LogP contribution is 2.24. The lowest BCUT2D eigenvalue weighted by atomic mass is 10.1. The number of amides is 1. The first-order chi connectivity index (χ1) is 14.6. The van der Waals surface area contributed by atoms with Crippen LogP contribution in [0.15, 0.2) is 22.6 Å². The van der Waals surface area contributed by atoms with E-state index in [4.69, 9.17) is 15.4 Å². The smallest absolute Gasteiger partial charge is 0.298 e.